The van der Waals surface area contributed by atoms with Gasteiger partial charge in [-0.25, -0.2) is 9.19 Å². The van der Waals surface area contributed by atoms with Crippen molar-refractivity contribution in [3.8, 4) is 17.1 Å². The minimum atomic E-state index is -4.72. The molecule has 162 valence electrons. The average Bonchev–Trinajstić information content (AvgIpc) is 3.33. The Kier molecular flexibility index (Phi) is 5.17. The number of hydrogen-bond donors (Lipinski definition) is 0. The van der Waals surface area contributed by atoms with Crippen LogP contribution < -0.4 is 4.74 Å². The third kappa shape index (κ3) is 4.68. The minimum absolute atomic E-state index is 0.0937. The summed E-state index contributed by atoms with van der Waals surface area (Å²) in [5.41, 5.74) is 1.91. The van der Waals surface area contributed by atoms with Crippen LogP contribution in [0, 0.1) is 0 Å². The molecule has 4 aromatic rings. The lowest BCUT2D eigenvalue weighted by atomic mass is 10.3. The maximum absolute atomic E-state index is 13.0. The lowest BCUT2D eigenvalue weighted by molar-refractivity contribution is -0.159. The predicted molar refractivity (Wildman–Crippen MR) is 106 cm³/mol. The van der Waals surface area contributed by atoms with Crippen molar-refractivity contribution < 1.29 is 26.6 Å². The number of nitrogens with zero attached hydrogens (tertiary/aromatic N) is 5. The van der Waals surface area contributed by atoms with E-state index in [9.17, 15) is 17.4 Å². The van der Waals surface area contributed by atoms with E-state index < -0.39 is 21.8 Å². The molecule has 0 bridgehead atoms. The number of halogens is 3. The first-order valence-electron chi connectivity index (χ1n) is 8.86. The standard InChI is InChI=1S/C19H16F3N5O3S/c1-29-15-6-4-13(5-7-15)26-31(2,28)11-14-10-27-9-12(3-8-16(27)23-14)17-24-18(30-25-17)19(20,21)22/h3-10H,11H2,1-2H3. The summed E-state index contributed by atoms with van der Waals surface area (Å²) in [6.07, 6.45) is -0.0257. The molecular weight excluding hydrogens is 435 g/mol. The topological polar surface area (TPSA) is 94.9 Å². The molecule has 1 unspecified atom stereocenters. The first kappa shape index (κ1) is 20.8. The second-order valence-corrected chi connectivity index (χ2v) is 9.12. The number of imidazole rings is 1. The quantitative estimate of drug-likeness (QED) is 0.448. The highest BCUT2D eigenvalue weighted by molar-refractivity contribution is 7.92. The first-order valence-corrected chi connectivity index (χ1v) is 10.9. The highest BCUT2D eigenvalue weighted by Gasteiger charge is 2.38. The van der Waals surface area contributed by atoms with E-state index in [4.69, 9.17) is 4.74 Å². The van der Waals surface area contributed by atoms with Crippen molar-refractivity contribution in [2.75, 3.05) is 13.4 Å². The molecule has 8 nitrogen and oxygen atoms in total. The second kappa shape index (κ2) is 7.69. The van der Waals surface area contributed by atoms with Crippen molar-refractivity contribution in [2.24, 2.45) is 4.36 Å². The fraction of sp³-hybridized carbons (Fsp3) is 0.211. The number of rotatable bonds is 5. The summed E-state index contributed by atoms with van der Waals surface area (Å²) in [6.45, 7) is 0. The smallest absolute Gasteiger partial charge is 0.471 e. The Morgan fingerprint density at radius 3 is 2.52 bits per heavy atom. The third-order valence-corrected chi connectivity index (χ3v) is 5.64. The summed E-state index contributed by atoms with van der Waals surface area (Å²) < 4.78 is 66.2. The third-order valence-electron chi connectivity index (χ3n) is 4.21. The van der Waals surface area contributed by atoms with E-state index in [1.54, 1.807) is 48.0 Å². The van der Waals surface area contributed by atoms with Crippen molar-refractivity contribution in [2.45, 2.75) is 11.9 Å². The normalized spacial score (nSPS) is 13.8. The van der Waals surface area contributed by atoms with Gasteiger partial charge < -0.3 is 13.7 Å². The van der Waals surface area contributed by atoms with Crippen LogP contribution in [0.5, 0.6) is 5.75 Å². The molecule has 0 N–H and O–H groups in total. The molecule has 0 spiro atoms. The van der Waals surface area contributed by atoms with Gasteiger partial charge in [0.1, 0.15) is 11.4 Å². The molecule has 0 aliphatic rings. The molecule has 0 saturated heterocycles. The van der Waals surface area contributed by atoms with Gasteiger partial charge in [-0.3, -0.25) is 0 Å². The van der Waals surface area contributed by atoms with Gasteiger partial charge in [0.25, 0.3) is 0 Å². The van der Waals surface area contributed by atoms with Crippen LogP contribution in [0.1, 0.15) is 11.6 Å². The van der Waals surface area contributed by atoms with Gasteiger partial charge in [0.2, 0.25) is 5.82 Å². The van der Waals surface area contributed by atoms with E-state index in [-0.39, 0.29) is 11.6 Å². The minimum Gasteiger partial charge on any atom is -0.497 e. The fourth-order valence-corrected chi connectivity index (χ4v) is 4.19. The SMILES string of the molecule is COc1ccc(N=S(C)(=O)Cc2cn3cc(-c4noc(C(F)(F)F)n4)ccc3n2)cc1. The van der Waals surface area contributed by atoms with Gasteiger partial charge in [0.15, 0.2) is 0 Å². The second-order valence-electron chi connectivity index (χ2n) is 6.73. The summed E-state index contributed by atoms with van der Waals surface area (Å²) in [4.78, 5) is 7.78. The number of ether oxygens (including phenoxy) is 1. The van der Waals surface area contributed by atoms with Crippen LogP contribution in [-0.2, 0) is 21.7 Å². The molecule has 3 aromatic heterocycles. The van der Waals surface area contributed by atoms with Gasteiger partial charge in [0, 0.05) is 24.2 Å². The molecule has 0 amide bonds. The molecule has 0 fully saturated rings. The van der Waals surface area contributed by atoms with Crippen molar-refractivity contribution in [1.29, 1.82) is 0 Å². The highest BCUT2D eigenvalue weighted by atomic mass is 32.2. The number of methoxy groups -OCH3 is 1. The maximum Gasteiger partial charge on any atom is 0.471 e. The van der Waals surface area contributed by atoms with E-state index in [0.717, 1.165) is 0 Å². The van der Waals surface area contributed by atoms with E-state index in [1.807, 2.05) is 0 Å². The summed E-state index contributed by atoms with van der Waals surface area (Å²) in [5, 5.41) is 3.38. The number of pyridine rings is 1. The summed E-state index contributed by atoms with van der Waals surface area (Å²) in [6, 6.07) is 9.99. The zero-order valence-electron chi connectivity index (χ0n) is 16.3. The van der Waals surface area contributed by atoms with E-state index in [1.165, 1.54) is 18.5 Å². The molecule has 1 atom stereocenters. The van der Waals surface area contributed by atoms with Crippen molar-refractivity contribution in [1.82, 2.24) is 19.5 Å². The molecular formula is C19H16F3N5O3S. The lowest BCUT2D eigenvalue weighted by Gasteiger charge is -2.03. The Labute approximate surface area is 174 Å². The summed E-state index contributed by atoms with van der Waals surface area (Å²) in [7, 11) is -1.08. The number of hydrogen-bond acceptors (Lipinski definition) is 7. The van der Waals surface area contributed by atoms with Gasteiger partial charge in [-0.15, -0.1) is 0 Å². The maximum atomic E-state index is 13.0. The molecule has 4 rings (SSSR count). The molecule has 0 radical (unpaired) electrons. The van der Waals surface area contributed by atoms with Crippen LogP contribution in [-0.4, -0.2) is 37.1 Å². The lowest BCUT2D eigenvalue weighted by Crippen LogP contribution is -2.04. The Balaban J connectivity index is 1.59. The highest BCUT2D eigenvalue weighted by Crippen LogP contribution is 2.29. The fourth-order valence-electron chi connectivity index (χ4n) is 2.87. The molecule has 31 heavy (non-hydrogen) atoms. The zero-order valence-corrected chi connectivity index (χ0v) is 17.1. The van der Waals surface area contributed by atoms with Crippen LogP contribution in [0.25, 0.3) is 17.0 Å². The van der Waals surface area contributed by atoms with Crippen LogP contribution >= 0.6 is 0 Å². The molecule has 12 heteroatoms. The first-order chi connectivity index (χ1) is 14.6. The van der Waals surface area contributed by atoms with Gasteiger partial charge in [-0.1, -0.05) is 5.16 Å². The molecule has 1 aromatic carbocycles. The Morgan fingerprint density at radius 2 is 1.87 bits per heavy atom. The van der Waals surface area contributed by atoms with Crippen molar-refractivity contribution in [3.05, 3.63) is 60.4 Å². The molecule has 0 aliphatic carbocycles. The van der Waals surface area contributed by atoms with Crippen molar-refractivity contribution >= 4 is 21.1 Å². The van der Waals surface area contributed by atoms with E-state index in [2.05, 4.69) is 24.0 Å². The number of aromatic nitrogens is 4. The van der Waals surface area contributed by atoms with Crippen LogP contribution in [0.4, 0.5) is 18.9 Å². The van der Waals surface area contributed by atoms with E-state index in [0.29, 0.717) is 28.3 Å². The largest absolute Gasteiger partial charge is 0.497 e. The van der Waals surface area contributed by atoms with Crippen LogP contribution in [0.15, 0.2) is 57.7 Å². The Hall–Kier alpha value is -3.41. The Morgan fingerprint density at radius 1 is 1.13 bits per heavy atom. The number of benzene rings is 1. The van der Waals surface area contributed by atoms with Gasteiger partial charge in [-0.2, -0.15) is 22.5 Å². The number of alkyl halides is 3. The number of fused-ring (bicyclic) bond motifs is 1. The average molecular weight is 451 g/mol. The van der Waals surface area contributed by atoms with Crippen molar-refractivity contribution in [3.63, 3.8) is 0 Å². The van der Waals surface area contributed by atoms with E-state index >= 15 is 0 Å². The molecule has 3 heterocycles. The zero-order chi connectivity index (χ0) is 22.2. The Bertz CT molecular complexity index is 1350. The van der Waals surface area contributed by atoms with Gasteiger partial charge >= 0.3 is 12.1 Å². The molecule has 0 aliphatic heterocycles. The monoisotopic (exact) mass is 451 g/mol. The van der Waals surface area contributed by atoms with Gasteiger partial charge in [-0.05, 0) is 36.4 Å². The van der Waals surface area contributed by atoms with Crippen LogP contribution in [0.2, 0.25) is 0 Å². The summed E-state index contributed by atoms with van der Waals surface area (Å²) in [5.74, 6) is -0.851. The molecule has 0 saturated carbocycles. The van der Waals surface area contributed by atoms with Gasteiger partial charge in [0.05, 0.1) is 34.0 Å². The van der Waals surface area contributed by atoms with Crippen LogP contribution in [0.3, 0.4) is 0 Å². The predicted octanol–water partition coefficient (Wildman–Crippen LogP) is 4.34. The summed E-state index contributed by atoms with van der Waals surface area (Å²) >= 11 is 0.